The van der Waals surface area contributed by atoms with Crippen LogP contribution in [0.5, 0.6) is 0 Å². The van der Waals surface area contributed by atoms with Gasteiger partial charge in [0.15, 0.2) is 0 Å². The number of morpholine rings is 1. The van der Waals surface area contributed by atoms with E-state index in [1.165, 1.54) is 7.11 Å². The molecule has 1 aliphatic heterocycles. The largest absolute Gasteiger partial charge is 0.383 e. The number of ether oxygens (including phenoxy) is 2. The first-order chi connectivity index (χ1) is 10.1. The molecule has 1 atom stereocenters. The molecule has 0 saturated carbocycles. The van der Waals surface area contributed by atoms with E-state index in [0.29, 0.717) is 23.9 Å². The Morgan fingerprint density at radius 2 is 2.24 bits per heavy atom. The molecular formula is C14H20ClN3O3. The highest BCUT2D eigenvalue weighted by atomic mass is 35.5. The van der Waals surface area contributed by atoms with Gasteiger partial charge in [-0.05, 0) is 12.1 Å². The molecule has 0 aromatic heterocycles. The number of hydrogen-bond acceptors (Lipinski definition) is 5. The van der Waals surface area contributed by atoms with Gasteiger partial charge in [-0.25, -0.2) is 0 Å². The molecule has 0 spiro atoms. The van der Waals surface area contributed by atoms with Crippen LogP contribution < -0.4 is 16.0 Å². The van der Waals surface area contributed by atoms with E-state index in [2.05, 4.69) is 10.2 Å². The van der Waals surface area contributed by atoms with Gasteiger partial charge < -0.3 is 25.4 Å². The maximum absolute atomic E-state index is 12.0. The molecule has 0 bridgehead atoms. The van der Waals surface area contributed by atoms with Crippen molar-refractivity contribution in [3.05, 3.63) is 23.2 Å². The average molecular weight is 314 g/mol. The third kappa shape index (κ3) is 4.07. The Bertz CT molecular complexity index is 492. The molecule has 3 N–H and O–H groups in total. The zero-order valence-corrected chi connectivity index (χ0v) is 12.7. The molecule has 1 aromatic rings. The van der Waals surface area contributed by atoms with Crippen LogP contribution >= 0.6 is 11.6 Å². The van der Waals surface area contributed by atoms with E-state index >= 15 is 0 Å². The van der Waals surface area contributed by atoms with Crippen LogP contribution in [0.4, 0.5) is 11.4 Å². The minimum atomic E-state index is -0.716. The van der Waals surface area contributed by atoms with Crippen molar-refractivity contribution in [3.63, 3.8) is 0 Å². The molecule has 0 aliphatic carbocycles. The van der Waals surface area contributed by atoms with Gasteiger partial charge in [-0.3, -0.25) is 4.79 Å². The van der Waals surface area contributed by atoms with Crippen molar-refractivity contribution in [2.45, 2.75) is 6.04 Å². The number of hydrogen-bond donors (Lipinski definition) is 2. The molecule has 0 radical (unpaired) electrons. The van der Waals surface area contributed by atoms with Crippen molar-refractivity contribution in [2.75, 3.05) is 50.2 Å². The standard InChI is InChI=1S/C14H20ClN3O3/c1-20-9-11(16)14(19)17-12-4-2-3-10(15)13(12)18-5-7-21-8-6-18/h2-4,11H,5-9,16H2,1H3,(H,17,19). The summed E-state index contributed by atoms with van der Waals surface area (Å²) in [5.74, 6) is -0.298. The number of nitrogens with zero attached hydrogens (tertiary/aromatic N) is 1. The Labute approximate surface area is 129 Å². The van der Waals surface area contributed by atoms with E-state index in [-0.39, 0.29) is 12.5 Å². The van der Waals surface area contributed by atoms with Gasteiger partial charge in [-0.15, -0.1) is 0 Å². The van der Waals surface area contributed by atoms with Gasteiger partial charge in [0.25, 0.3) is 0 Å². The Morgan fingerprint density at radius 3 is 2.90 bits per heavy atom. The van der Waals surface area contributed by atoms with E-state index in [0.717, 1.165) is 18.8 Å². The highest BCUT2D eigenvalue weighted by Gasteiger charge is 2.20. The Hall–Kier alpha value is -1.34. The highest BCUT2D eigenvalue weighted by Crippen LogP contribution is 2.34. The van der Waals surface area contributed by atoms with Gasteiger partial charge in [0.05, 0.1) is 36.2 Å². The summed E-state index contributed by atoms with van der Waals surface area (Å²) in [7, 11) is 1.51. The highest BCUT2D eigenvalue weighted by molar-refractivity contribution is 6.34. The number of benzene rings is 1. The summed E-state index contributed by atoms with van der Waals surface area (Å²) < 4.78 is 10.2. The number of para-hydroxylation sites is 1. The van der Waals surface area contributed by atoms with E-state index in [1.807, 2.05) is 6.07 Å². The lowest BCUT2D eigenvalue weighted by Crippen LogP contribution is -2.40. The zero-order valence-electron chi connectivity index (χ0n) is 12.0. The summed E-state index contributed by atoms with van der Waals surface area (Å²) >= 11 is 6.30. The maximum Gasteiger partial charge on any atom is 0.243 e. The number of rotatable bonds is 5. The fourth-order valence-electron chi connectivity index (χ4n) is 2.21. The summed E-state index contributed by atoms with van der Waals surface area (Å²) in [5.41, 5.74) is 7.20. The number of anilines is 2. The lowest BCUT2D eigenvalue weighted by Gasteiger charge is -2.31. The van der Waals surface area contributed by atoms with Gasteiger partial charge in [0.2, 0.25) is 5.91 Å². The molecule has 21 heavy (non-hydrogen) atoms. The molecule has 1 unspecified atom stereocenters. The van der Waals surface area contributed by atoms with Crippen molar-refractivity contribution in [3.8, 4) is 0 Å². The SMILES string of the molecule is COCC(N)C(=O)Nc1cccc(Cl)c1N1CCOCC1. The fourth-order valence-corrected chi connectivity index (χ4v) is 2.50. The van der Waals surface area contributed by atoms with Crippen LogP contribution in [-0.4, -0.2) is 52.0 Å². The molecule has 7 heteroatoms. The summed E-state index contributed by atoms with van der Waals surface area (Å²) in [6.45, 7) is 2.91. The number of carbonyl (C=O) groups excluding carboxylic acids is 1. The minimum absolute atomic E-state index is 0.166. The molecule has 1 aromatic carbocycles. The first kappa shape index (κ1) is 16.0. The van der Waals surface area contributed by atoms with Gasteiger partial charge in [-0.2, -0.15) is 0 Å². The summed E-state index contributed by atoms with van der Waals surface area (Å²) in [6.07, 6.45) is 0. The van der Waals surface area contributed by atoms with Gasteiger partial charge in [-0.1, -0.05) is 17.7 Å². The molecule has 1 heterocycles. The van der Waals surface area contributed by atoms with Gasteiger partial charge >= 0.3 is 0 Å². The smallest absolute Gasteiger partial charge is 0.243 e. The van der Waals surface area contributed by atoms with Crippen LogP contribution in [0, 0.1) is 0 Å². The number of carbonyl (C=O) groups is 1. The molecule has 1 fully saturated rings. The van der Waals surface area contributed by atoms with Crippen LogP contribution in [0.3, 0.4) is 0 Å². The third-order valence-electron chi connectivity index (χ3n) is 3.25. The van der Waals surface area contributed by atoms with E-state index in [4.69, 9.17) is 26.8 Å². The van der Waals surface area contributed by atoms with Gasteiger partial charge in [0.1, 0.15) is 6.04 Å². The Balaban J connectivity index is 2.19. The number of methoxy groups -OCH3 is 1. The minimum Gasteiger partial charge on any atom is -0.383 e. The van der Waals surface area contributed by atoms with Crippen molar-refractivity contribution in [1.82, 2.24) is 0 Å². The zero-order chi connectivity index (χ0) is 15.2. The monoisotopic (exact) mass is 313 g/mol. The van der Waals surface area contributed by atoms with Crippen LogP contribution in [0.2, 0.25) is 5.02 Å². The molecule has 6 nitrogen and oxygen atoms in total. The Morgan fingerprint density at radius 1 is 1.52 bits per heavy atom. The molecule has 2 rings (SSSR count). The van der Waals surface area contributed by atoms with E-state index in [9.17, 15) is 4.79 Å². The number of nitrogens with two attached hydrogens (primary N) is 1. The second-order valence-corrected chi connectivity index (χ2v) is 5.19. The molecular weight excluding hydrogens is 294 g/mol. The Kier molecular flexibility index (Phi) is 5.81. The maximum atomic E-state index is 12.0. The second-order valence-electron chi connectivity index (χ2n) is 4.79. The van der Waals surface area contributed by atoms with Crippen molar-refractivity contribution >= 4 is 28.9 Å². The van der Waals surface area contributed by atoms with Gasteiger partial charge in [0, 0.05) is 20.2 Å². The average Bonchev–Trinajstić information content (AvgIpc) is 2.48. The molecule has 116 valence electrons. The second kappa shape index (κ2) is 7.61. The lowest BCUT2D eigenvalue weighted by atomic mass is 10.2. The fraction of sp³-hybridized carbons (Fsp3) is 0.500. The lowest BCUT2D eigenvalue weighted by molar-refractivity contribution is -0.118. The number of amides is 1. The van der Waals surface area contributed by atoms with Crippen molar-refractivity contribution in [1.29, 1.82) is 0 Å². The van der Waals surface area contributed by atoms with E-state index < -0.39 is 6.04 Å². The van der Waals surface area contributed by atoms with Crippen molar-refractivity contribution < 1.29 is 14.3 Å². The summed E-state index contributed by atoms with van der Waals surface area (Å²) in [4.78, 5) is 14.1. The van der Waals surface area contributed by atoms with E-state index in [1.54, 1.807) is 12.1 Å². The van der Waals surface area contributed by atoms with Crippen LogP contribution in [0.25, 0.3) is 0 Å². The summed E-state index contributed by atoms with van der Waals surface area (Å²) in [6, 6.07) is 4.70. The predicted octanol–water partition coefficient (Wildman–Crippen LogP) is 1.09. The molecule has 1 saturated heterocycles. The quantitative estimate of drug-likeness (QED) is 0.851. The van der Waals surface area contributed by atoms with Crippen molar-refractivity contribution in [2.24, 2.45) is 5.73 Å². The predicted molar refractivity (Wildman–Crippen MR) is 83.0 cm³/mol. The third-order valence-corrected chi connectivity index (χ3v) is 3.56. The number of nitrogens with one attached hydrogen (secondary N) is 1. The first-order valence-electron chi connectivity index (χ1n) is 6.80. The molecule has 1 amide bonds. The molecule has 1 aliphatic rings. The summed E-state index contributed by atoms with van der Waals surface area (Å²) in [5, 5.41) is 3.41. The topological polar surface area (TPSA) is 76.8 Å². The van der Waals surface area contributed by atoms with Crippen LogP contribution in [0.1, 0.15) is 0 Å². The normalized spacial score (nSPS) is 16.6. The van der Waals surface area contributed by atoms with Crippen LogP contribution in [-0.2, 0) is 14.3 Å². The first-order valence-corrected chi connectivity index (χ1v) is 7.18. The van der Waals surface area contributed by atoms with Crippen LogP contribution in [0.15, 0.2) is 18.2 Å². The number of halogens is 1.